The van der Waals surface area contributed by atoms with Gasteiger partial charge in [-0.05, 0) is 19.1 Å². The molecular formula is C12H14O4. The van der Waals surface area contributed by atoms with E-state index in [0.29, 0.717) is 22.8 Å². The van der Waals surface area contributed by atoms with Gasteiger partial charge in [0.25, 0.3) is 0 Å². The summed E-state index contributed by atoms with van der Waals surface area (Å²) in [6, 6.07) is 3.80. The van der Waals surface area contributed by atoms with E-state index in [1.165, 1.54) is 0 Å². The molecule has 0 aliphatic carbocycles. The summed E-state index contributed by atoms with van der Waals surface area (Å²) in [4.78, 5) is 0. The number of methoxy groups -OCH3 is 3. The molecule has 0 atom stereocenters. The number of rotatable bonds is 3. The average molecular weight is 222 g/mol. The fourth-order valence-electron chi connectivity index (χ4n) is 1.77. The predicted octanol–water partition coefficient (Wildman–Crippen LogP) is 2.77. The van der Waals surface area contributed by atoms with Crippen LogP contribution < -0.4 is 14.2 Å². The molecule has 0 amide bonds. The molecule has 16 heavy (non-hydrogen) atoms. The van der Waals surface area contributed by atoms with E-state index in [-0.39, 0.29) is 0 Å². The molecule has 86 valence electrons. The van der Waals surface area contributed by atoms with E-state index in [2.05, 4.69) is 0 Å². The monoisotopic (exact) mass is 222 g/mol. The van der Waals surface area contributed by atoms with Crippen LogP contribution in [0.25, 0.3) is 11.0 Å². The van der Waals surface area contributed by atoms with Gasteiger partial charge in [0.1, 0.15) is 5.76 Å². The highest BCUT2D eigenvalue weighted by Gasteiger charge is 2.18. The lowest BCUT2D eigenvalue weighted by molar-refractivity contribution is 0.324. The molecule has 1 heterocycles. The van der Waals surface area contributed by atoms with E-state index in [0.717, 1.165) is 11.1 Å². The Labute approximate surface area is 93.7 Å². The molecular weight excluding hydrogens is 208 g/mol. The van der Waals surface area contributed by atoms with Gasteiger partial charge in [0, 0.05) is 5.39 Å². The van der Waals surface area contributed by atoms with Crippen molar-refractivity contribution in [1.29, 1.82) is 0 Å². The van der Waals surface area contributed by atoms with Crippen LogP contribution in [0.15, 0.2) is 16.5 Å². The van der Waals surface area contributed by atoms with Gasteiger partial charge >= 0.3 is 0 Å². The van der Waals surface area contributed by atoms with Crippen LogP contribution in [0.2, 0.25) is 0 Å². The van der Waals surface area contributed by atoms with Crippen molar-refractivity contribution in [2.24, 2.45) is 0 Å². The molecule has 1 aromatic heterocycles. The molecule has 2 aromatic rings. The van der Waals surface area contributed by atoms with Gasteiger partial charge in [-0.25, -0.2) is 0 Å². The molecule has 1 aromatic carbocycles. The van der Waals surface area contributed by atoms with Gasteiger partial charge in [0.15, 0.2) is 11.3 Å². The first kappa shape index (κ1) is 10.7. The van der Waals surface area contributed by atoms with Crippen molar-refractivity contribution in [2.45, 2.75) is 6.92 Å². The molecule has 0 spiro atoms. The summed E-state index contributed by atoms with van der Waals surface area (Å²) in [5.41, 5.74) is 0.678. The Kier molecular flexibility index (Phi) is 2.64. The zero-order valence-corrected chi connectivity index (χ0v) is 9.79. The minimum atomic E-state index is 0.548. The first-order valence-electron chi connectivity index (χ1n) is 4.90. The molecule has 2 rings (SSSR count). The van der Waals surface area contributed by atoms with E-state index in [9.17, 15) is 0 Å². The summed E-state index contributed by atoms with van der Waals surface area (Å²) in [6.45, 7) is 1.89. The average Bonchev–Trinajstić information content (AvgIpc) is 2.66. The SMILES string of the molecule is COc1cc2cc(C)oc2c(OC)c1OC. The standard InChI is InChI=1S/C12H14O4/c1-7-5-8-6-9(13-2)11(14-3)12(15-4)10(8)16-7/h5-6H,1-4H3. The smallest absolute Gasteiger partial charge is 0.208 e. The van der Waals surface area contributed by atoms with Crippen LogP contribution >= 0.6 is 0 Å². The van der Waals surface area contributed by atoms with Crippen molar-refractivity contribution in [1.82, 2.24) is 0 Å². The van der Waals surface area contributed by atoms with E-state index in [1.54, 1.807) is 21.3 Å². The first-order valence-corrected chi connectivity index (χ1v) is 4.90. The summed E-state index contributed by atoms with van der Waals surface area (Å²) in [6.07, 6.45) is 0. The fourth-order valence-corrected chi connectivity index (χ4v) is 1.77. The van der Waals surface area contributed by atoms with Crippen molar-refractivity contribution in [3.63, 3.8) is 0 Å². The summed E-state index contributed by atoms with van der Waals surface area (Å²) >= 11 is 0. The van der Waals surface area contributed by atoms with Crippen molar-refractivity contribution < 1.29 is 18.6 Å². The minimum absolute atomic E-state index is 0.548. The molecule has 0 fully saturated rings. The Hall–Kier alpha value is -1.84. The van der Waals surface area contributed by atoms with Crippen LogP contribution in [0.1, 0.15) is 5.76 Å². The highest BCUT2D eigenvalue weighted by Crippen LogP contribution is 2.44. The predicted molar refractivity (Wildman–Crippen MR) is 60.6 cm³/mol. The summed E-state index contributed by atoms with van der Waals surface area (Å²) < 4.78 is 21.4. The normalized spacial score (nSPS) is 10.5. The van der Waals surface area contributed by atoms with Gasteiger partial charge in [-0.1, -0.05) is 0 Å². The maximum absolute atomic E-state index is 5.57. The van der Waals surface area contributed by atoms with Crippen LogP contribution in [0.3, 0.4) is 0 Å². The van der Waals surface area contributed by atoms with Crippen LogP contribution in [-0.2, 0) is 0 Å². The van der Waals surface area contributed by atoms with Crippen molar-refractivity contribution in [2.75, 3.05) is 21.3 Å². The third kappa shape index (κ3) is 1.46. The Morgan fingerprint density at radius 2 is 1.62 bits per heavy atom. The third-order valence-electron chi connectivity index (χ3n) is 2.44. The second kappa shape index (κ2) is 3.96. The van der Waals surface area contributed by atoms with E-state index >= 15 is 0 Å². The third-order valence-corrected chi connectivity index (χ3v) is 2.44. The lowest BCUT2D eigenvalue weighted by atomic mass is 10.2. The molecule has 0 radical (unpaired) electrons. The topological polar surface area (TPSA) is 40.8 Å². The number of aryl methyl sites for hydroxylation is 1. The maximum atomic E-state index is 5.57. The first-order chi connectivity index (χ1) is 7.71. The van der Waals surface area contributed by atoms with E-state index in [1.807, 2.05) is 19.1 Å². The maximum Gasteiger partial charge on any atom is 0.208 e. The molecule has 0 N–H and O–H groups in total. The molecule has 0 aliphatic rings. The molecule has 0 saturated heterocycles. The highest BCUT2D eigenvalue weighted by atomic mass is 16.5. The van der Waals surface area contributed by atoms with E-state index < -0.39 is 0 Å². The Balaban J connectivity index is 2.81. The van der Waals surface area contributed by atoms with Crippen LogP contribution in [0.4, 0.5) is 0 Å². The van der Waals surface area contributed by atoms with E-state index in [4.69, 9.17) is 18.6 Å². The summed E-state index contributed by atoms with van der Waals surface area (Å²) in [7, 11) is 4.74. The molecule has 0 aliphatic heterocycles. The quantitative estimate of drug-likeness (QED) is 0.800. The Bertz CT molecular complexity index is 513. The fraction of sp³-hybridized carbons (Fsp3) is 0.333. The summed E-state index contributed by atoms with van der Waals surface area (Å²) in [5, 5.41) is 0.937. The van der Waals surface area contributed by atoms with Crippen LogP contribution in [-0.4, -0.2) is 21.3 Å². The molecule has 0 saturated carbocycles. The zero-order chi connectivity index (χ0) is 11.7. The van der Waals surface area contributed by atoms with Gasteiger partial charge in [-0.15, -0.1) is 0 Å². The lowest BCUT2D eigenvalue weighted by Crippen LogP contribution is -1.94. The molecule has 4 nitrogen and oxygen atoms in total. The number of hydrogen-bond acceptors (Lipinski definition) is 4. The van der Waals surface area contributed by atoms with Gasteiger partial charge in [0.05, 0.1) is 21.3 Å². The number of ether oxygens (including phenoxy) is 3. The largest absolute Gasteiger partial charge is 0.493 e. The van der Waals surface area contributed by atoms with Crippen LogP contribution in [0, 0.1) is 6.92 Å². The number of benzene rings is 1. The van der Waals surface area contributed by atoms with Gasteiger partial charge in [-0.3, -0.25) is 0 Å². The molecule has 4 heteroatoms. The van der Waals surface area contributed by atoms with Crippen LogP contribution in [0.5, 0.6) is 17.2 Å². The summed E-state index contributed by atoms with van der Waals surface area (Å²) in [5.74, 6) is 2.56. The molecule has 0 unspecified atom stereocenters. The second-order valence-corrected chi connectivity index (χ2v) is 3.42. The van der Waals surface area contributed by atoms with Crippen molar-refractivity contribution in [3.05, 3.63) is 17.9 Å². The zero-order valence-electron chi connectivity index (χ0n) is 9.79. The molecule has 0 bridgehead atoms. The Morgan fingerprint density at radius 3 is 2.19 bits per heavy atom. The highest BCUT2D eigenvalue weighted by molar-refractivity contribution is 5.89. The number of fused-ring (bicyclic) bond motifs is 1. The van der Waals surface area contributed by atoms with Gasteiger partial charge < -0.3 is 18.6 Å². The number of furan rings is 1. The Morgan fingerprint density at radius 1 is 0.938 bits per heavy atom. The number of hydrogen-bond donors (Lipinski definition) is 0. The van der Waals surface area contributed by atoms with Crippen molar-refractivity contribution >= 4 is 11.0 Å². The lowest BCUT2D eigenvalue weighted by Gasteiger charge is -2.11. The van der Waals surface area contributed by atoms with Gasteiger partial charge in [0.2, 0.25) is 11.5 Å². The van der Waals surface area contributed by atoms with Crippen molar-refractivity contribution in [3.8, 4) is 17.2 Å². The second-order valence-electron chi connectivity index (χ2n) is 3.42. The van der Waals surface area contributed by atoms with Gasteiger partial charge in [-0.2, -0.15) is 0 Å². The minimum Gasteiger partial charge on any atom is -0.493 e.